The molecule has 0 amide bonds. The van der Waals surface area contributed by atoms with Gasteiger partial charge < -0.3 is 0 Å². The average Bonchev–Trinajstić information content (AvgIpc) is 2.39. The molecule has 0 aromatic rings. The number of alkyl halides is 1. The van der Waals surface area contributed by atoms with E-state index in [9.17, 15) is 8.42 Å². The molecule has 0 aromatic heterocycles. The lowest BCUT2D eigenvalue weighted by Gasteiger charge is -2.38. The molecule has 2 fully saturated rings. The SMILES string of the molecule is CC1CSCCN1S(=O)(=O)N1CCC(CCl)CC1. The Hall–Kier alpha value is 0.510. The second-order valence-electron chi connectivity index (χ2n) is 5.04. The zero-order valence-electron chi connectivity index (χ0n) is 10.7. The first-order valence-electron chi connectivity index (χ1n) is 6.46. The normalized spacial score (nSPS) is 29.6. The maximum absolute atomic E-state index is 12.6. The summed E-state index contributed by atoms with van der Waals surface area (Å²) in [6.45, 7) is 3.88. The third-order valence-electron chi connectivity index (χ3n) is 3.72. The molecule has 2 rings (SSSR count). The van der Waals surface area contributed by atoms with E-state index in [1.807, 2.05) is 18.7 Å². The Balaban J connectivity index is 2.02. The summed E-state index contributed by atoms with van der Waals surface area (Å²) < 4.78 is 28.4. The Morgan fingerprint density at radius 2 is 1.94 bits per heavy atom. The molecule has 18 heavy (non-hydrogen) atoms. The smallest absolute Gasteiger partial charge is 0.195 e. The Bertz CT molecular complexity index is 369. The summed E-state index contributed by atoms with van der Waals surface area (Å²) in [6.07, 6.45) is 1.78. The van der Waals surface area contributed by atoms with E-state index in [4.69, 9.17) is 11.6 Å². The van der Waals surface area contributed by atoms with E-state index in [0.717, 1.165) is 24.3 Å². The average molecular weight is 313 g/mol. The van der Waals surface area contributed by atoms with Crippen molar-refractivity contribution in [1.82, 2.24) is 8.61 Å². The van der Waals surface area contributed by atoms with Crippen LogP contribution in [0, 0.1) is 5.92 Å². The molecule has 4 nitrogen and oxygen atoms in total. The highest BCUT2D eigenvalue weighted by molar-refractivity contribution is 7.99. The van der Waals surface area contributed by atoms with Crippen LogP contribution >= 0.6 is 23.4 Å². The van der Waals surface area contributed by atoms with Gasteiger partial charge in [-0.1, -0.05) is 0 Å². The number of hydrogen-bond donors (Lipinski definition) is 0. The molecule has 0 bridgehead atoms. The molecule has 0 aliphatic carbocycles. The van der Waals surface area contributed by atoms with E-state index in [1.54, 1.807) is 8.61 Å². The number of halogens is 1. The first-order valence-corrected chi connectivity index (χ1v) is 9.55. The molecule has 1 unspecified atom stereocenters. The predicted molar refractivity (Wildman–Crippen MR) is 77.4 cm³/mol. The molecule has 0 radical (unpaired) electrons. The van der Waals surface area contributed by atoms with Crippen molar-refractivity contribution in [3.8, 4) is 0 Å². The second kappa shape index (κ2) is 6.31. The van der Waals surface area contributed by atoms with Crippen LogP contribution in [0.25, 0.3) is 0 Å². The third-order valence-corrected chi connectivity index (χ3v) is 7.50. The van der Waals surface area contributed by atoms with Gasteiger partial charge in [0.1, 0.15) is 0 Å². The third kappa shape index (κ3) is 3.15. The first-order chi connectivity index (χ1) is 8.55. The fourth-order valence-electron chi connectivity index (χ4n) is 2.50. The molecular weight excluding hydrogens is 292 g/mol. The fraction of sp³-hybridized carbons (Fsp3) is 1.00. The maximum atomic E-state index is 12.6. The van der Waals surface area contributed by atoms with E-state index in [-0.39, 0.29) is 6.04 Å². The minimum atomic E-state index is -3.26. The van der Waals surface area contributed by atoms with Crippen LogP contribution in [0.15, 0.2) is 0 Å². The van der Waals surface area contributed by atoms with Crippen molar-refractivity contribution < 1.29 is 8.42 Å². The highest BCUT2D eigenvalue weighted by Gasteiger charge is 2.36. The largest absolute Gasteiger partial charge is 0.282 e. The first kappa shape index (κ1) is 14.9. The van der Waals surface area contributed by atoms with Crippen LogP contribution in [0.2, 0.25) is 0 Å². The molecule has 0 spiro atoms. The molecule has 2 saturated heterocycles. The van der Waals surface area contributed by atoms with Crippen molar-refractivity contribution in [1.29, 1.82) is 0 Å². The van der Waals surface area contributed by atoms with Crippen LogP contribution in [0.5, 0.6) is 0 Å². The van der Waals surface area contributed by atoms with Crippen LogP contribution in [0.4, 0.5) is 0 Å². The Morgan fingerprint density at radius 1 is 1.28 bits per heavy atom. The monoisotopic (exact) mass is 312 g/mol. The summed E-state index contributed by atoms with van der Waals surface area (Å²) in [5.74, 6) is 2.93. The number of hydrogen-bond acceptors (Lipinski definition) is 3. The van der Waals surface area contributed by atoms with Crippen molar-refractivity contribution >= 4 is 33.6 Å². The number of piperidine rings is 1. The van der Waals surface area contributed by atoms with Crippen molar-refractivity contribution in [2.45, 2.75) is 25.8 Å². The van der Waals surface area contributed by atoms with Gasteiger partial charge >= 0.3 is 0 Å². The van der Waals surface area contributed by atoms with Crippen LogP contribution in [0.3, 0.4) is 0 Å². The van der Waals surface area contributed by atoms with Crippen LogP contribution in [-0.4, -0.2) is 60.1 Å². The second-order valence-corrected chi connectivity index (χ2v) is 8.38. The lowest BCUT2D eigenvalue weighted by Crippen LogP contribution is -2.53. The van der Waals surface area contributed by atoms with Gasteiger partial charge in [0.15, 0.2) is 0 Å². The highest BCUT2D eigenvalue weighted by atomic mass is 35.5. The molecule has 0 N–H and O–H groups in total. The summed E-state index contributed by atoms with van der Waals surface area (Å²) in [5, 5.41) is 0. The Labute approximate surface area is 119 Å². The van der Waals surface area contributed by atoms with E-state index in [1.165, 1.54) is 0 Å². The topological polar surface area (TPSA) is 40.6 Å². The molecule has 2 heterocycles. The standard InChI is InChI=1S/C11H21ClN2O2S2/c1-10-9-17-7-6-14(10)18(15,16)13-4-2-11(8-12)3-5-13/h10-11H,2-9H2,1H3. The van der Waals surface area contributed by atoms with Gasteiger partial charge in [0.25, 0.3) is 10.2 Å². The van der Waals surface area contributed by atoms with E-state index >= 15 is 0 Å². The summed E-state index contributed by atoms with van der Waals surface area (Å²) in [7, 11) is -3.26. The lowest BCUT2D eigenvalue weighted by atomic mass is 10.0. The van der Waals surface area contributed by atoms with Crippen LogP contribution < -0.4 is 0 Å². The van der Waals surface area contributed by atoms with Crippen molar-refractivity contribution in [3.63, 3.8) is 0 Å². The molecular formula is C11H21ClN2O2S2. The molecule has 106 valence electrons. The summed E-state index contributed by atoms with van der Waals surface area (Å²) >= 11 is 7.66. The zero-order valence-corrected chi connectivity index (χ0v) is 13.1. The lowest BCUT2D eigenvalue weighted by molar-refractivity contribution is 0.256. The van der Waals surface area contributed by atoms with Gasteiger partial charge in [0.05, 0.1) is 0 Å². The molecule has 1 atom stereocenters. The van der Waals surface area contributed by atoms with Gasteiger partial charge in [0.2, 0.25) is 0 Å². The van der Waals surface area contributed by atoms with Gasteiger partial charge in [-0.25, -0.2) is 0 Å². The molecule has 0 saturated carbocycles. The van der Waals surface area contributed by atoms with Gasteiger partial charge in [-0.3, -0.25) is 0 Å². The number of nitrogens with zero attached hydrogens (tertiary/aromatic N) is 2. The summed E-state index contributed by atoms with van der Waals surface area (Å²) in [5.41, 5.74) is 0. The maximum Gasteiger partial charge on any atom is 0.282 e. The van der Waals surface area contributed by atoms with Gasteiger partial charge in [-0.15, -0.1) is 11.6 Å². The van der Waals surface area contributed by atoms with Crippen LogP contribution in [0.1, 0.15) is 19.8 Å². The Kier molecular flexibility index (Phi) is 5.22. The molecule has 2 aliphatic rings. The Morgan fingerprint density at radius 3 is 2.50 bits per heavy atom. The van der Waals surface area contributed by atoms with Crippen molar-refractivity contribution in [3.05, 3.63) is 0 Å². The summed E-state index contributed by atoms with van der Waals surface area (Å²) in [6, 6.07) is 0.111. The minimum Gasteiger partial charge on any atom is -0.195 e. The van der Waals surface area contributed by atoms with Gasteiger partial charge in [-0.05, 0) is 25.7 Å². The van der Waals surface area contributed by atoms with Crippen molar-refractivity contribution in [2.24, 2.45) is 5.92 Å². The number of rotatable bonds is 3. The number of thioether (sulfide) groups is 1. The van der Waals surface area contributed by atoms with Crippen molar-refractivity contribution in [2.75, 3.05) is 37.0 Å². The quantitative estimate of drug-likeness (QED) is 0.744. The zero-order chi connectivity index (χ0) is 13.2. The fourth-order valence-corrected chi connectivity index (χ4v) is 5.85. The minimum absolute atomic E-state index is 0.111. The van der Waals surface area contributed by atoms with E-state index in [0.29, 0.717) is 31.4 Å². The molecule has 0 aromatic carbocycles. The molecule has 2 aliphatic heterocycles. The van der Waals surface area contributed by atoms with E-state index < -0.39 is 10.2 Å². The van der Waals surface area contributed by atoms with E-state index in [2.05, 4.69) is 0 Å². The predicted octanol–water partition coefficient (Wildman–Crippen LogP) is 1.62. The molecule has 7 heteroatoms. The summed E-state index contributed by atoms with van der Waals surface area (Å²) in [4.78, 5) is 0. The highest BCUT2D eigenvalue weighted by Crippen LogP contribution is 2.26. The van der Waals surface area contributed by atoms with Crippen LogP contribution in [-0.2, 0) is 10.2 Å². The van der Waals surface area contributed by atoms with Gasteiger partial charge in [-0.2, -0.15) is 28.8 Å². The van der Waals surface area contributed by atoms with Gasteiger partial charge in [0, 0.05) is 43.1 Å².